The molecule has 0 fully saturated rings. The topological polar surface area (TPSA) is 86.1 Å². The first-order chi connectivity index (χ1) is 15.5. The van der Waals surface area contributed by atoms with E-state index >= 15 is 0 Å². The van der Waals surface area contributed by atoms with Crippen molar-refractivity contribution >= 4 is 34.7 Å². The van der Waals surface area contributed by atoms with Crippen LogP contribution in [0.5, 0.6) is 0 Å². The second-order valence-corrected chi connectivity index (χ2v) is 6.98. The number of fused-ring (bicyclic) bond motifs is 1. The van der Waals surface area contributed by atoms with Crippen LogP contribution in [0, 0.1) is 12.7 Å². The predicted octanol–water partition coefficient (Wildman–Crippen LogP) is 4.06. The number of para-hydroxylation sites is 1. The van der Waals surface area contributed by atoms with Crippen LogP contribution in [0.25, 0.3) is 22.7 Å². The van der Waals surface area contributed by atoms with E-state index in [4.69, 9.17) is 4.74 Å². The monoisotopic (exact) mass is 430 g/mol. The van der Waals surface area contributed by atoms with E-state index in [-0.39, 0.29) is 5.82 Å². The summed E-state index contributed by atoms with van der Waals surface area (Å²) >= 11 is 0. The van der Waals surface area contributed by atoms with Crippen LogP contribution in [-0.2, 0) is 14.3 Å². The SMILES string of the molecule is Cc1cc(NC(=O)COC(=O)/C=C/c2ccc3ccccc3n2)n(-c2ccc(F)cc2)n1. The number of carbonyl (C=O) groups is 2. The number of hydrogen-bond acceptors (Lipinski definition) is 5. The third-order valence-corrected chi connectivity index (χ3v) is 4.53. The number of hydrogen-bond donors (Lipinski definition) is 1. The summed E-state index contributed by atoms with van der Waals surface area (Å²) in [5.74, 6) is -1.19. The maximum absolute atomic E-state index is 13.2. The van der Waals surface area contributed by atoms with Crippen molar-refractivity contribution in [1.82, 2.24) is 14.8 Å². The van der Waals surface area contributed by atoms with Crippen LogP contribution >= 0.6 is 0 Å². The number of pyridine rings is 1. The summed E-state index contributed by atoms with van der Waals surface area (Å²) in [6.45, 7) is 1.29. The normalized spacial score (nSPS) is 11.1. The Labute approximate surface area is 183 Å². The van der Waals surface area contributed by atoms with E-state index in [0.29, 0.717) is 22.9 Å². The molecule has 0 aliphatic heterocycles. The fourth-order valence-electron chi connectivity index (χ4n) is 3.06. The average molecular weight is 430 g/mol. The van der Waals surface area contributed by atoms with Crippen molar-refractivity contribution in [3.63, 3.8) is 0 Å². The highest BCUT2D eigenvalue weighted by atomic mass is 19.1. The lowest BCUT2D eigenvalue weighted by molar-refractivity contribution is -0.142. The third kappa shape index (κ3) is 5.04. The molecule has 1 amide bonds. The van der Waals surface area contributed by atoms with Gasteiger partial charge in [0, 0.05) is 17.5 Å². The Kier molecular flexibility index (Phi) is 6.03. The van der Waals surface area contributed by atoms with Gasteiger partial charge in [-0.3, -0.25) is 4.79 Å². The summed E-state index contributed by atoms with van der Waals surface area (Å²) in [5, 5.41) is 7.94. The van der Waals surface area contributed by atoms with Crippen molar-refractivity contribution in [1.29, 1.82) is 0 Å². The lowest BCUT2D eigenvalue weighted by Gasteiger charge is -2.09. The Morgan fingerprint density at radius 2 is 1.88 bits per heavy atom. The van der Waals surface area contributed by atoms with Crippen molar-refractivity contribution in [2.24, 2.45) is 0 Å². The molecule has 2 aromatic carbocycles. The number of aromatic nitrogens is 3. The number of nitrogens with zero attached hydrogens (tertiary/aromatic N) is 3. The van der Waals surface area contributed by atoms with Gasteiger partial charge in [-0.25, -0.2) is 18.9 Å². The number of anilines is 1. The molecule has 0 aliphatic rings. The Bertz CT molecular complexity index is 1310. The number of benzene rings is 2. The summed E-state index contributed by atoms with van der Waals surface area (Å²) in [4.78, 5) is 28.7. The number of esters is 1. The van der Waals surface area contributed by atoms with Crippen molar-refractivity contribution in [2.75, 3.05) is 11.9 Å². The minimum atomic E-state index is -0.668. The van der Waals surface area contributed by atoms with Crippen LogP contribution in [0.15, 0.2) is 72.8 Å². The first-order valence-corrected chi connectivity index (χ1v) is 9.81. The van der Waals surface area contributed by atoms with Gasteiger partial charge >= 0.3 is 5.97 Å². The van der Waals surface area contributed by atoms with Gasteiger partial charge in [0.2, 0.25) is 0 Å². The minimum Gasteiger partial charge on any atom is -0.452 e. The molecule has 2 aromatic heterocycles. The summed E-state index contributed by atoms with van der Waals surface area (Å²) in [7, 11) is 0. The van der Waals surface area contributed by atoms with E-state index < -0.39 is 18.5 Å². The fourth-order valence-corrected chi connectivity index (χ4v) is 3.06. The lowest BCUT2D eigenvalue weighted by atomic mass is 10.2. The quantitative estimate of drug-likeness (QED) is 0.368. The van der Waals surface area contributed by atoms with Gasteiger partial charge in [0.05, 0.1) is 22.6 Å². The molecule has 160 valence electrons. The highest BCUT2D eigenvalue weighted by Gasteiger charge is 2.12. The molecule has 0 radical (unpaired) electrons. The number of carbonyl (C=O) groups excluding carboxylic acids is 2. The molecule has 0 saturated carbocycles. The van der Waals surface area contributed by atoms with Gasteiger partial charge in [0.15, 0.2) is 6.61 Å². The van der Waals surface area contributed by atoms with Gasteiger partial charge in [0.1, 0.15) is 11.6 Å². The highest BCUT2D eigenvalue weighted by Crippen LogP contribution is 2.17. The molecule has 0 saturated heterocycles. The molecular formula is C24H19FN4O3. The Hall–Kier alpha value is -4.33. The summed E-state index contributed by atoms with van der Waals surface area (Å²) < 4.78 is 19.7. The molecule has 0 spiro atoms. The summed E-state index contributed by atoms with van der Waals surface area (Å²) in [6.07, 6.45) is 2.75. The molecule has 0 atom stereocenters. The average Bonchev–Trinajstić information content (AvgIpc) is 3.16. The minimum absolute atomic E-state index is 0.373. The maximum Gasteiger partial charge on any atom is 0.331 e. The molecule has 0 bridgehead atoms. The molecule has 4 rings (SSSR count). The van der Waals surface area contributed by atoms with E-state index in [1.165, 1.54) is 29.0 Å². The predicted molar refractivity (Wildman–Crippen MR) is 119 cm³/mol. The van der Waals surface area contributed by atoms with Crippen LogP contribution in [0.3, 0.4) is 0 Å². The van der Waals surface area contributed by atoms with E-state index in [1.807, 2.05) is 30.3 Å². The molecule has 8 heteroatoms. The number of aryl methyl sites for hydroxylation is 1. The highest BCUT2D eigenvalue weighted by molar-refractivity contribution is 5.94. The molecule has 2 heterocycles. The maximum atomic E-state index is 13.2. The Morgan fingerprint density at radius 1 is 1.09 bits per heavy atom. The van der Waals surface area contributed by atoms with Gasteiger partial charge in [-0.1, -0.05) is 24.3 Å². The number of nitrogens with one attached hydrogen (secondary N) is 1. The molecule has 7 nitrogen and oxygen atoms in total. The smallest absolute Gasteiger partial charge is 0.331 e. The third-order valence-electron chi connectivity index (χ3n) is 4.53. The molecule has 1 N–H and O–H groups in total. The molecule has 32 heavy (non-hydrogen) atoms. The van der Waals surface area contributed by atoms with Crippen LogP contribution in [-0.4, -0.2) is 33.2 Å². The van der Waals surface area contributed by atoms with Crippen molar-refractivity contribution < 1.29 is 18.7 Å². The first kappa shape index (κ1) is 20.9. The second kappa shape index (κ2) is 9.22. The second-order valence-electron chi connectivity index (χ2n) is 6.98. The van der Waals surface area contributed by atoms with E-state index in [2.05, 4.69) is 15.4 Å². The molecular weight excluding hydrogens is 411 g/mol. The largest absolute Gasteiger partial charge is 0.452 e. The van der Waals surface area contributed by atoms with Gasteiger partial charge in [-0.15, -0.1) is 0 Å². The Morgan fingerprint density at radius 3 is 2.69 bits per heavy atom. The van der Waals surface area contributed by atoms with Crippen molar-refractivity contribution in [3.8, 4) is 5.69 Å². The lowest BCUT2D eigenvalue weighted by Crippen LogP contribution is -2.21. The van der Waals surface area contributed by atoms with Crippen LogP contribution < -0.4 is 5.32 Å². The van der Waals surface area contributed by atoms with E-state index in [0.717, 1.165) is 10.9 Å². The number of amides is 1. The van der Waals surface area contributed by atoms with Crippen LogP contribution in [0.2, 0.25) is 0 Å². The Balaban J connectivity index is 1.35. The molecule has 4 aromatic rings. The molecule has 0 unspecified atom stereocenters. The van der Waals surface area contributed by atoms with Gasteiger partial charge < -0.3 is 10.1 Å². The van der Waals surface area contributed by atoms with E-state index in [1.54, 1.807) is 31.2 Å². The van der Waals surface area contributed by atoms with Crippen LogP contribution in [0.4, 0.5) is 10.2 Å². The summed E-state index contributed by atoms with van der Waals surface area (Å²) in [5.41, 5.74) is 2.66. The van der Waals surface area contributed by atoms with Crippen molar-refractivity contribution in [2.45, 2.75) is 6.92 Å². The van der Waals surface area contributed by atoms with Crippen LogP contribution in [0.1, 0.15) is 11.4 Å². The van der Waals surface area contributed by atoms with Gasteiger partial charge in [-0.2, -0.15) is 5.10 Å². The number of rotatable bonds is 6. The zero-order valence-electron chi connectivity index (χ0n) is 17.2. The number of halogens is 1. The fraction of sp³-hybridized carbons (Fsp3) is 0.0833. The van der Waals surface area contributed by atoms with Gasteiger partial charge in [0.25, 0.3) is 5.91 Å². The van der Waals surface area contributed by atoms with Crippen molar-refractivity contribution in [3.05, 3.63) is 90.0 Å². The van der Waals surface area contributed by atoms with Gasteiger partial charge in [-0.05, 0) is 49.4 Å². The number of ether oxygens (including phenoxy) is 1. The zero-order valence-corrected chi connectivity index (χ0v) is 17.2. The first-order valence-electron chi connectivity index (χ1n) is 9.81. The summed E-state index contributed by atoms with van der Waals surface area (Å²) in [6, 6.07) is 18.7. The zero-order chi connectivity index (χ0) is 22.5. The molecule has 0 aliphatic carbocycles. The van der Waals surface area contributed by atoms with E-state index in [9.17, 15) is 14.0 Å². The standard InChI is InChI=1S/C24H19FN4O3/c1-16-14-22(29(28-16)20-11-7-18(25)8-12-20)27-23(30)15-32-24(31)13-10-19-9-6-17-4-2-3-5-21(17)26-19/h2-14H,15H2,1H3,(H,27,30)/b13-10+.